The van der Waals surface area contributed by atoms with Crippen molar-refractivity contribution >= 4 is 11.8 Å². The van der Waals surface area contributed by atoms with Gasteiger partial charge in [-0.05, 0) is 36.1 Å². The number of carbonyl (C=O) groups excluding carboxylic acids is 2. The lowest BCUT2D eigenvalue weighted by Crippen LogP contribution is -2.51. The maximum atomic E-state index is 13.3. The summed E-state index contributed by atoms with van der Waals surface area (Å²) in [7, 11) is 1.62. The lowest BCUT2D eigenvalue weighted by Gasteiger charge is -2.31. The number of benzene rings is 2. The molecule has 0 aliphatic carbocycles. The molecule has 1 heterocycles. The smallest absolute Gasteiger partial charge is 0.243 e. The molecule has 1 aliphatic heterocycles. The molecule has 0 radical (unpaired) electrons. The number of nitrogens with zero attached hydrogens (tertiary/aromatic N) is 1. The lowest BCUT2D eigenvalue weighted by molar-refractivity contribution is -0.141. The van der Waals surface area contributed by atoms with Crippen molar-refractivity contribution in [2.45, 2.75) is 51.3 Å². The molecule has 3 rings (SSSR count). The summed E-state index contributed by atoms with van der Waals surface area (Å²) in [5, 5.41) is 3.03. The zero-order valence-corrected chi connectivity index (χ0v) is 18.4. The van der Waals surface area contributed by atoms with E-state index in [9.17, 15) is 9.59 Å². The zero-order chi connectivity index (χ0) is 22.1. The van der Waals surface area contributed by atoms with E-state index < -0.39 is 6.04 Å². The van der Waals surface area contributed by atoms with Crippen LogP contribution in [0.25, 0.3) is 0 Å². The molecule has 166 valence electrons. The van der Waals surface area contributed by atoms with Gasteiger partial charge in [-0.15, -0.1) is 0 Å². The fourth-order valence-electron chi connectivity index (χ4n) is 3.82. The van der Waals surface area contributed by atoms with Crippen LogP contribution in [0.1, 0.15) is 37.3 Å². The molecule has 0 bridgehead atoms. The van der Waals surface area contributed by atoms with Crippen LogP contribution >= 0.6 is 0 Å². The Morgan fingerprint density at radius 3 is 2.48 bits per heavy atom. The van der Waals surface area contributed by atoms with Gasteiger partial charge in [0.1, 0.15) is 11.8 Å². The summed E-state index contributed by atoms with van der Waals surface area (Å²) >= 11 is 0. The molecule has 2 amide bonds. The first kappa shape index (κ1) is 22.8. The molecule has 2 aromatic rings. The highest BCUT2D eigenvalue weighted by Crippen LogP contribution is 2.18. The minimum Gasteiger partial charge on any atom is -0.497 e. The predicted octanol–water partition coefficient (Wildman–Crippen LogP) is 3.34. The van der Waals surface area contributed by atoms with Crippen LogP contribution in [0.3, 0.4) is 0 Å². The number of methoxy groups -OCH3 is 1. The van der Waals surface area contributed by atoms with Gasteiger partial charge in [0.05, 0.1) is 13.2 Å². The van der Waals surface area contributed by atoms with E-state index in [4.69, 9.17) is 9.47 Å². The Morgan fingerprint density at radius 2 is 1.87 bits per heavy atom. The van der Waals surface area contributed by atoms with E-state index in [2.05, 4.69) is 5.32 Å². The second-order valence-electron chi connectivity index (χ2n) is 7.81. The largest absolute Gasteiger partial charge is 0.497 e. The molecule has 1 aliphatic rings. The summed E-state index contributed by atoms with van der Waals surface area (Å²) in [6.07, 6.45) is 2.82. The number of hydrogen-bond donors (Lipinski definition) is 1. The molecule has 1 fully saturated rings. The third-order valence-corrected chi connectivity index (χ3v) is 5.61. The fourth-order valence-corrected chi connectivity index (χ4v) is 3.82. The van der Waals surface area contributed by atoms with Gasteiger partial charge in [0, 0.05) is 32.5 Å². The number of amides is 2. The van der Waals surface area contributed by atoms with E-state index in [1.807, 2.05) is 61.5 Å². The molecule has 6 nitrogen and oxygen atoms in total. The minimum atomic E-state index is -0.599. The average molecular weight is 425 g/mol. The quantitative estimate of drug-likeness (QED) is 0.635. The molecule has 0 unspecified atom stereocenters. The number of ether oxygens (including phenoxy) is 2. The summed E-state index contributed by atoms with van der Waals surface area (Å²) in [5.41, 5.74) is 1.97. The third kappa shape index (κ3) is 6.56. The summed E-state index contributed by atoms with van der Waals surface area (Å²) < 4.78 is 10.9. The van der Waals surface area contributed by atoms with Crippen molar-refractivity contribution in [1.82, 2.24) is 10.2 Å². The standard InChI is InChI=1S/C25H32N2O4/c1-3-24(28)27(18-20-11-13-21(30-2)14-12-20)23(16-19-8-5-4-6-9-19)25(29)26-17-22-10-7-15-31-22/h4-6,8-9,11-14,22-23H,3,7,10,15-18H2,1-2H3,(H,26,29)/t22-,23+/m1/s1. The number of hydrogen-bond acceptors (Lipinski definition) is 4. The van der Waals surface area contributed by atoms with Crippen molar-refractivity contribution in [3.63, 3.8) is 0 Å². The van der Waals surface area contributed by atoms with Gasteiger partial charge in [0.15, 0.2) is 0 Å². The van der Waals surface area contributed by atoms with Gasteiger partial charge in [-0.2, -0.15) is 0 Å². The van der Waals surface area contributed by atoms with E-state index in [0.717, 1.165) is 36.3 Å². The first-order valence-electron chi connectivity index (χ1n) is 11.0. The van der Waals surface area contributed by atoms with Crippen LogP contribution in [0.15, 0.2) is 54.6 Å². The molecular formula is C25H32N2O4. The van der Waals surface area contributed by atoms with Crippen molar-refractivity contribution in [1.29, 1.82) is 0 Å². The SMILES string of the molecule is CCC(=O)N(Cc1ccc(OC)cc1)[C@@H](Cc1ccccc1)C(=O)NC[C@H]1CCCO1. The van der Waals surface area contributed by atoms with Crippen LogP contribution in [0.2, 0.25) is 0 Å². The lowest BCUT2D eigenvalue weighted by atomic mass is 10.0. The minimum absolute atomic E-state index is 0.0518. The Labute approximate surface area is 184 Å². The average Bonchev–Trinajstić information content (AvgIpc) is 3.34. The Morgan fingerprint density at radius 1 is 1.13 bits per heavy atom. The Balaban J connectivity index is 1.81. The van der Waals surface area contributed by atoms with Crippen molar-refractivity contribution in [3.8, 4) is 5.75 Å². The van der Waals surface area contributed by atoms with Crippen LogP contribution in [-0.2, 0) is 27.3 Å². The van der Waals surface area contributed by atoms with E-state index in [1.165, 1.54) is 0 Å². The Kier molecular flexibility index (Phi) is 8.47. The van der Waals surface area contributed by atoms with Gasteiger partial charge in [-0.3, -0.25) is 9.59 Å². The number of nitrogens with one attached hydrogen (secondary N) is 1. The van der Waals surface area contributed by atoms with Crippen LogP contribution in [0.5, 0.6) is 5.75 Å². The third-order valence-electron chi connectivity index (χ3n) is 5.61. The summed E-state index contributed by atoms with van der Waals surface area (Å²) in [5.74, 6) is 0.561. The summed E-state index contributed by atoms with van der Waals surface area (Å²) in [6, 6.07) is 16.8. The van der Waals surface area contributed by atoms with Crippen LogP contribution in [-0.4, -0.2) is 49.1 Å². The first-order chi connectivity index (χ1) is 15.1. The molecule has 31 heavy (non-hydrogen) atoms. The fraction of sp³-hybridized carbons (Fsp3) is 0.440. The van der Waals surface area contributed by atoms with Crippen molar-refractivity contribution in [2.75, 3.05) is 20.3 Å². The van der Waals surface area contributed by atoms with Crippen LogP contribution in [0.4, 0.5) is 0 Å². The highest BCUT2D eigenvalue weighted by molar-refractivity contribution is 5.88. The van der Waals surface area contributed by atoms with E-state index in [0.29, 0.717) is 25.9 Å². The van der Waals surface area contributed by atoms with Gasteiger partial charge in [-0.1, -0.05) is 49.4 Å². The number of rotatable bonds is 10. The van der Waals surface area contributed by atoms with Gasteiger partial charge in [0.2, 0.25) is 11.8 Å². The topological polar surface area (TPSA) is 67.9 Å². The predicted molar refractivity (Wildman–Crippen MR) is 120 cm³/mol. The molecule has 1 saturated heterocycles. The second kappa shape index (κ2) is 11.5. The van der Waals surface area contributed by atoms with Gasteiger partial charge < -0.3 is 19.7 Å². The number of carbonyl (C=O) groups is 2. The van der Waals surface area contributed by atoms with Crippen molar-refractivity contribution < 1.29 is 19.1 Å². The first-order valence-corrected chi connectivity index (χ1v) is 11.0. The molecule has 6 heteroatoms. The second-order valence-corrected chi connectivity index (χ2v) is 7.81. The van der Waals surface area contributed by atoms with Gasteiger partial charge in [0.25, 0.3) is 0 Å². The van der Waals surface area contributed by atoms with E-state index in [-0.39, 0.29) is 17.9 Å². The molecule has 2 atom stereocenters. The summed E-state index contributed by atoms with van der Waals surface area (Å²) in [4.78, 5) is 27.9. The van der Waals surface area contributed by atoms with E-state index in [1.54, 1.807) is 12.0 Å². The molecular weight excluding hydrogens is 392 g/mol. The Bertz CT molecular complexity index is 832. The molecule has 0 spiro atoms. The summed E-state index contributed by atoms with van der Waals surface area (Å²) in [6.45, 7) is 3.40. The molecule has 0 aromatic heterocycles. The molecule has 1 N–H and O–H groups in total. The maximum Gasteiger partial charge on any atom is 0.243 e. The van der Waals surface area contributed by atoms with E-state index >= 15 is 0 Å². The monoisotopic (exact) mass is 424 g/mol. The highest BCUT2D eigenvalue weighted by Gasteiger charge is 2.30. The van der Waals surface area contributed by atoms with Crippen LogP contribution in [0, 0.1) is 0 Å². The zero-order valence-electron chi connectivity index (χ0n) is 18.4. The molecule has 2 aromatic carbocycles. The molecule has 0 saturated carbocycles. The maximum absolute atomic E-state index is 13.3. The van der Waals surface area contributed by atoms with Crippen molar-refractivity contribution in [3.05, 3.63) is 65.7 Å². The highest BCUT2D eigenvalue weighted by atomic mass is 16.5. The van der Waals surface area contributed by atoms with Crippen molar-refractivity contribution in [2.24, 2.45) is 0 Å². The van der Waals surface area contributed by atoms with Gasteiger partial charge in [-0.25, -0.2) is 0 Å². The normalized spacial score (nSPS) is 16.5. The van der Waals surface area contributed by atoms with Crippen LogP contribution < -0.4 is 10.1 Å². The van der Waals surface area contributed by atoms with Gasteiger partial charge >= 0.3 is 0 Å². The Hall–Kier alpha value is -2.86.